The Morgan fingerprint density at radius 1 is 0.905 bits per heavy atom. The molecule has 0 amide bonds. The second kappa shape index (κ2) is 18.3. The SMILES string of the molecule is O=S(=O)([O-])CNc1ccc2cc(SOO[O-])cc(O)c2c1N=Nc1ccc(S(=O)(=O)CCOS(=O)(=O)[O-])cc1.[Na+].[Na+].[Na+]. The summed E-state index contributed by atoms with van der Waals surface area (Å²) >= 11 is 0.505. The molecule has 42 heavy (non-hydrogen) atoms. The van der Waals surface area contributed by atoms with E-state index in [1.807, 2.05) is 0 Å². The van der Waals surface area contributed by atoms with Crippen molar-refractivity contribution in [3.05, 3.63) is 48.5 Å². The predicted molar refractivity (Wildman–Crippen MR) is 130 cm³/mol. The molecule has 0 spiro atoms. The summed E-state index contributed by atoms with van der Waals surface area (Å²) in [6.07, 6.45) is 0. The van der Waals surface area contributed by atoms with Gasteiger partial charge in [0.25, 0.3) is 0 Å². The second-order valence-corrected chi connectivity index (χ2v) is 12.7. The third-order valence-corrected chi connectivity index (χ3v) is 7.88. The van der Waals surface area contributed by atoms with Crippen LogP contribution >= 0.6 is 12.0 Å². The molecule has 3 aromatic rings. The van der Waals surface area contributed by atoms with Crippen LogP contribution in [0.5, 0.6) is 5.75 Å². The van der Waals surface area contributed by atoms with E-state index >= 15 is 0 Å². The topological polar surface area (TPSA) is 256 Å². The zero-order chi connectivity index (χ0) is 28.8. The molecular weight excluding hydrogens is 675 g/mol. The Hall–Kier alpha value is 0.0800. The Morgan fingerprint density at radius 2 is 1.55 bits per heavy atom. The van der Waals surface area contributed by atoms with E-state index in [0.29, 0.717) is 17.4 Å². The summed E-state index contributed by atoms with van der Waals surface area (Å²) in [5.41, 5.74) is 0.0336. The van der Waals surface area contributed by atoms with Crippen molar-refractivity contribution in [3.8, 4) is 5.75 Å². The van der Waals surface area contributed by atoms with Crippen molar-refractivity contribution in [2.24, 2.45) is 10.2 Å². The van der Waals surface area contributed by atoms with Crippen molar-refractivity contribution >= 4 is 70.2 Å². The summed E-state index contributed by atoms with van der Waals surface area (Å²) in [5, 5.41) is 34.8. The van der Waals surface area contributed by atoms with Gasteiger partial charge in [0.2, 0.25) is 10.4 Å². The number of phenols is 1. The minimum atomic E-state index is -5.05. The Bertz CT molecular complexity index is 1710. The minimum Gasteiger partial charge on any atom is -0.747 e. The Balaban J connectivity index is 0.00000560. The summed E-state index contributed by atoms with van der Waals surface area (Å²) in [7, 11) is -13.8. The molecule has 0 aliphatic heterocycles. The van der Waals surface area contributed by atoms with Gasteiger partial charge in [-0.3, -0.25) is 9.22 Å². The summed E-state index contributed by atoms with van der Waals surface area (Å²) < 4.78 is 97.6. The van der Waals surface area contributed by atoms with Gasteiger partial charge in [0.05, 0.1) is 46.1 Å². The summed E-state index contributed by atoms with van der Waals surface area (Å²) in [5.74, 6) is -2.17. The van der Waals surface area contributed by atoms with Gasteiger partial charge in [0.1, 0.15) is 27.4 Å². The maximum atomic E-state index is 12.3. The van der Waals surface area contributed by atoms with Crippen molar-refractivity contribution in [1.29, 1.82) is 0 Å². The first kappa shape index (κ1) is 42.1. The molecule has 0 radical (unpaired) electrons. The molecule has 23 heteroatoms. The minimum absolute atomic E-state index is 0. The molecule has 2 N–H and O–H groups in total. The summed E-state index contributed by atoms with van der Waals surface area (Å²) in [6, 6.07) is 10.3. The quantitative estimate of drug-likeness (QED) is 0.0321. The van der Waals surface area contributed by atoms with Crippen LogP contribution in [0, 0.1) is 0 Å². The number of nitrogens with one attached hydrogen (secondary N) is 1. The van der Waals surface area contributed by atoms with Crippen molar-refractivity contribution in [2.75, 3.05) is 23.6 Å². The molecule has 212 valence electrons. The average molecular weight is 692 g/mol. The number of nitrogens with zero attached hydrogens (tertiary/aromatic N) is 2. The van der Waals surface area contributed by atoms with Gasteiger partial charge in [0, 0.05) is 4.90 Å². The first-order valence-electron chi connectivity index (χ1n) is 10.1. The first-order chi connectivity index (χ1) is 18.2. The van der Waals surface area contributed by atoms with E-state index < -0.39 is 48.6 Å². The molecule has 3 aromatic carbocycles. The third-order valence-electron chi connectivity index (χ3n) is 4.68. The van der Waals surface area contributed by atoms with Crippen LogP contribution in [-0.4, -0.2) is 57.7 Å². The van der Waals surface area contributed by atoms with Gasteiger partial charge in [-0.25, -0.2) is 25.3 Å². The summed E-state index contributed by atoms with van der Waals surface area (Å²) in [6.45, 7) is -0.870. The van der Waals surface area contributed by atoms with E-state index in [4.69, 9.17) is 0 Å². The van der Waals surface area contributed by atoms with Crippen LogP contribution in [-0.2, 0) is 43.9 Å². The smallest absolute Gasteiger partial charge is 0.747 e. The predicted octanol–water partition coefficient (Wildman–Crippen LogP) is -7.63. The van der Waals surface area contributed by atoms with Crippen LogP contribution in [0.3, 0.4) is 0 Å². The van der Waals surface area contributed by atoms with E-state index in [1.54, 1.807) is 0 Å². The van der Waals surface area contributed by atoms with Gasteiger partial charge in [-0.05, 0) is 47.9 Å². The number of rotatable bonds is 13. The van der Waals surface area contributed by atoms with Crippen molar-refractivity contribution < 1.29 is 147 Å². The van der Waals surface area contributed by atoms with E-state index in [-0.39, 0.29) is 127 Å². The van der Waals surface area contributed by atoms with E-state index in [1.165, 1.54) is 36.4 Å². The number of hydrogen-bond acceptors (Lipinski definition) is 17. The Labute approximate surface area is 311 Å². The third kappa shape index (κ3) is 13.2. The van der Waals surface area contributed by atoms with Crippen LogP contribution < -0.4 is 99.2 Å². The monoisotopic (exact) mass is 691 g/mol. The van der Waals surface area contributed by atoms with Gasteiger partial charge in [-0.2, -0.15) is 9.45 Å². The molecule has 0 unspecified atom stereocenters. The van der Waals surface area contributed by atoms with Crippen LogP contribution in [0.1, 0.15) is 0 Å². The van der Waals surface area contributed by atoms with Crippen LogP contribution in [0.4, 0.5) is 17.1 Å². The largest absolute Gasteiger partial charge is 1.00 e. The maximum Gasteiger partial charge on any atom is 1.00 e. The number of anilines is 1. The molecule has 0 heterocycles. The zero-order valence-electron chi connectivity index (χ0n) is 22.1. The number of fused-ring (bicyclic) bond motifs is 1. The fraction of sp³-hybridized carbons (Fsp3) is 0.158. The van der Waals surface area contributed by atoms with Gasteiger partial charge < -0.3 is 24.8 Å². The van der Waals surface area contributed by atoms with Gasteiger partial charge in [-0.15, -0.1) is 5.11 Å². The number of benzene rings is 3. The average Bonchev–Trinajstić information content (AvgIpc) is 2.83. The van der Waals surface area contributed by atoms with Gasteiger partial charge >= 0.3 is 88.7 Å². The van der Waals surface area contributed by atoms with Crippen LogP contribution in [0.15, 0.2) is 68.6 Å². The summed E-state index contributed by atoms with van der Waals surface area (Å²) in [4.78, 5) is 0.0325. The Morgan fingerprint density at radius 3 is 2.12 bits per heavy atom. The van der Waals surface area contributed by atoms with Crippen molar-refractivity contribution in [3.63, 3.8) is 0 Å². The zero-order valence-corrected chi connectivity index (χ0v) is 31.4. The molecule has 16 nitrogen and oxygen atoms in total. The van der Waals surface area contributed by atoms with Gasteiger partial charge in [0.15, 0.2) is 9.84 Å². The molecule has 0 aromatic heterocycles. The number of aromatic hydroxyl groups is 1. The number of sulfone groups is 1. The maximum absolute atomic E-state index is 12.3. The fourth-order valence-corrected chi connectivity index (χ4v) is 5.36. The van der Waals surface area contributed by atoms with Crippen LogP contribution in [0.25, 0.3) is 10.8 Å². The molecule has 0 fully saturated rings. The molecule has 0 atom stereocenters. The van der Waals surface area contributed by atoms with E-state index in [0.717, 1.165) is 12.1 Å². The molecule has 0 bridgehead atoms. The van der Waals surface area contributed by atoms with Crippen molar-refractivity contribution in [1.82, 2.24) is 0 Å². The second-order valence-electron chi connectivity index (χ2n) is 7.34. The molecule has 0 saturated heterocycles. The molecule has 0 aliphatic carbocycles. The molecule has 0 saturated carbocycles. The van der Waals surface area contributed by atoms with Crippen molar-refractivity contribution in [2.45, 2.75) is 9.79 Å². The standard InChI is InChI=1S/C19H19N3O13S4.3Na/c23-17-10-14(36-35-34-24)9-12-1-6-16(20-11-38(27,28)29)19(18(12)17)22-21-13-2-4-15(5-3-13)37(25,26)8-7-33-39(30,31)32;;;/h1-6,9-10,20,23-24H,7-8,11H2,(H,27,28,29)(H,30,31,32);;;/q;3*+1/p-3. The number of phenolic OH excluding ortho intramolecular Hbond substituents is 1. The van der Waals surface area contributed by atoms with E-state index in [2.05, 4.69) is 29.1 Å². The van der Waals surface area contributed by atoms with E-state index in [9.17, 15) is 44.7 Å². The number of azo groups is 1. The fourth-order valence-electron chi connectivity index (χ4n) is 3.10. The normalized spacial score (nSPS) is 11.9. The molecular formula is C19H16N3Na3O13S4. The molecule has 3 rings (SSSR count). The number of hydrogen-bond donors (Lipinski definition) is 2. The Kier molecular flexibility index (Phi) is 18.3. The van der Waals surface area contributed by atoms with Gasteiger partial charge in [-0.1, -0.05) is 6.07 Å². The molecule has 0 aliphatic rings. The van der Waals surface area contributed by atoms with Crippen LogP contribution in [0.2, 0.25) is 0 Å². The first-order valence-corrected chi connectivity index (χ1v) is 15.4.